The minimum Gasteiger partial charge on any atom is -0.360 e. The Kier molecular flexibility index (Phi) is 3.33. The molecule has 0 aliphatic heterocycles. The predicted molar refractivity (Wildman–Crippen MR) is 82.4 cm³/mol. The number of benzene rings is 2. The van der Waals surface area contributed by atoms with Gasteiger partial charge in [0.2, 0.25) is 0 Å². The number of nitrogens with one attached hydrogen (secondary N) is 1. The summed E-state index contributed by atoms with van der Waals surface area (Å²) in [6.07, 6.45) is 1.74. The maximum Gasteiger partial charge on any atom is 0.187 e. The van der Waals surface area contributed by atoms with E-state index >= 15 is 0 Å². The van der Waals surface area contributed by atoms with E-state index in [1.807, 2.05) is 55.5 Å². The zero-order valence-corrected chi connectivity index (χ0v) is 11.8. The molecule has 0 saturated carbocycles. The van der Waals surface area contributed by atoms with Crippen LogP contribution in [0.15, 0.2) is 54.7 Å². The fourth-order valence-electron chi connectivity index (χ4n) is 2.35. The van der Waals surface area contributed by atoms with Gasteiger partial charge in [0.25, 0.3) is 0 Å². The Bertz CT molecular complexity index is 761. The molecule has 1 aromatic heterocycles. The van der Waals surface area contributed by atoms with Crippen molar-refractivity contribution in [3.63, 3.8) is 0 Å². The molecular weight excluding hydrogens is 270 g/mol. The molecule has 1 heterocycles. The molecular formula is C17H14ClNO. The first-order chi connectivity index (χ1) is 9.66. The third kappa shape index (κ3) is 2.23. The Labute approximate surface area is 122 Å². The summed E-state index contributed by atoms with van der Waals surface area (Å²) in [7, 11) is 0. The Morgan fingerprint density at radius 3 is 2.65 bits per heavy atom. The third-order valence-electron chi connectivity index (χ3n) is 3.43. The van der Waals surface area contributed by atoms with E-state index in [1.165, 1.54) is 0 Å². The van der Waals surface area contributed by atoms with Crippen LogP contribution in [0.4, 0.5) is 0 Å². The van der Waals surface area contributed by atoms with Crippen molar-refractivity contribution < 1.29 is 4.79 Å². The van der Waals surface area contributed by atoms with Gasteiger partial charge in [-0.3, -0.25) is 4.79 Å². The third-order valence-corrected chi connectivity index (χ3v) is 3.88. The van der Waals surface area contributed by atoms with Gasteiger partial charge < -0.3 is 4.98 Å². The first kappa shape index (κ1) is 12.9. The predicted octanol–water partition coefficient (Wildman–Crippen LogP) is 4.64. The number of H-pyrrole nitrogens is 1. The summed E-state index contributed by atoms with van der Waals surface area (Å²) in [5, 5.41) is 0.263. The zero-order chi connectivity index (χ0) is 14.1. The number of hydrogen-bond acceptors (Lipinski definition) is 1. The highest BCUT2D eigenvalue weighted by molar-refractivity contribution is 6.35. The van der Waals surface area contributed by atoms with Crippen molar-refractivity contribution in [2.24, 2.45) is 0 Å². The van der Waals surface area contributed by atoms with E-state index < -0.39 is 5.38 Å². The number of Topliss-reactive ketones (excluding diaryl/α,β-unsaturated/α-hetero) is 1. The highest BCUT2D eigenvalue weighted by Gasteiger charge is 2.21. The second kappa shape index (κ2) is 5.14. The molecule has 1 N–H and O–H groups in total. The van der Waals surface area contributed by atoms with E-state index in [4.69, 9.17) is 11.6 Å². The van der Waals surface area contributed by atoms with E-state index in [-0.39, 0.29) is 5.78 Å². The van der Waals surface area contributed by atoms with Gasteiger partial charge in [-0.1, -0.05) is 42.5 Å². The lowest BCUT2D eigenvalue weighted by molar-refractivity contribution is 0.0988. The molecule has 0 amide bonds. The molecule has 2 aromatic carbocycles. The summed E-state index contributed by atoms with van der Waals surface area (Å²) < 4.78 is 0. The number of carbonyl (C=O) groups is 1. The van der Waals surface area contributed by atoms with Gasteiger partial charge in [-0.15, -0.1) is 11.6 Å². The van der Waals surface area contributed by atoms with Gasteiger partial charge in [0.15, 0.2) is 5.78 Å². The van der Waals surface area contributed by atoms with Gasteiger partial charge in [0, 0.05) is 22.7 Å². The van der Waals surface area contributed by atoms with Crippen molar-refractivity contribution in [3.8, 4) is 0 Å². The van der Waals surface area contributed by atoms with Crippen molar-refractivity contribution >= 4 is 28.3 Å². The van der Waals surface area contributed by atoms with E-state index in [1.54, 1.807) is 6.20 Å². The maximum atomic E-state index is 12.6. The van der Waals surface area contributed by atoms with Crippen LogP contribution in [0.3, 0.4) is 0 Å². The molecule has 3 aromatic rings. The number of rotatable bonds is 3. The van der Waals surface area contributed by atoms with E-state index in [2.05, 4.69) is 4.98 Å². The van der Waals surface area contributed by atoms with E-state index in [0.717, 1.165) is 22.0 Å². The SMILES string of the molecule is Cc1ccc2c(C(=O)C(Cl)c3ccccc3)c[nH]c2c1. The van der Waals surface area contributed by atoms with Crippen LogP contribution in [0.1, 0.15) is 26.9 Å². The van der Waals surface area contributed by atoms with Crippen LogP contribution in [0, 0.1) is 6.92 Å². The Morgan fingerprint density at radius 1 is 1.15 bits per heavy atom. The van der Waals surface area contributed by atoms with Crippen LogP contribution in [0.25, 0.3) is 10.9 Å². The van der Waals surface area contributed by atoms with E-state index in [0.29, 0.717) is 5.56 Å². The average molecular weight is 284 g/mol. The summed E-state index contributed by atoms with van der Waals surface area (Å²) in [4.78, 5) is 15.7. The number of fused-ring (bicyclic) bond motifs is 1. The molecule has 0 fully saturated rings. The fourth-order valence-corrected chi connectivity index (χ4v) is 2.62. The lowest BCUT2D eigenvalue weighted by Crippen LogP contribution is -2.06. The minimum absolute atomic E-state index is 0.0760. The second-order valence-corrected chi connectivity index (χ2v) is 5.33. The highest BCUT2D eigenvalue weighted by atomic mass is 35.5. The van der Waals surface area contributed by atoms with Crippen molar-refractivity contribution in [1.82, 2.24) is 4.98 Å². The highest BCUT2D eigenvalue weighted by Crippen LogP contribution is 2.29. The molecule has 0 radical (unpaired) electrons. The quantitative estimate of drug-likeness (QED) is 0.551. The van der Waals surface area contributed by atoms with Crippen LogP contribution >= 0.6 is 11.6 Å². The van der Waals surface area contributed by atoms with E-state index in [9.17, 15) is 4.79 Å². The molecule has 3 rings (SSSR count). The van der Waals surface area contributed by atoms with Crippen LogP contribution in [-0.4, -0.2) is 10.8 Å². The van der Waals surface area contributed by atoms with Crippen LogP contribution in [-0.2, 0) is 0 Å². The van der Waals surface area contributed by atoms with Gasteiger partial charge >= 0.3 is 0 Å². The normalized spacial score (nSPS) is 12.5. The summed E-state index contributed by atoms with van der Waals surface area (Å²) in [5.41, 5.74) is 3.58. The van der Waals surface area contributed by atoms with Crippen molar-refractivity contribution in [1.29, 1.82) is 0 Å². The number of halogens is 1. The molecule has 3 heteroatoms. The summed E-state index contributed by atoms with van der Waals surface area (Å²) >= 11 is 6.32. The van der Waals surface area contributed by atoms with Gasteiger partial charge in [0.1, 0.15) is 5.38 Å². The summed E-state index contributed by atoms with van der Waals surface area (Å²) in [6, 6.07) is 15.4. The standard InChI is InChI=1S/C17H14ClNO/c1-11-7-8-13-14(10-19-15(13)9-11)17(20)16(18)12-5-3-2-4-6-12/h2-10,16,19H,1H3. The molecule has 0 spiro atoms. The minimum atomic E-state index is -0.656. The monoisotopic (exact) mass is 283 g/mol. The fraction of sp³-hybridized carbons (Fsp3) is 0.118. The number of aromatic nitrogens is 1. The first-order valence-electron chi connectivity index (χ1n) is 6.48. The zero-order valence-electron chi connectivity index (χ0n) is 11.1. The van der Waals surface area contributed by atoms with Crippen molar-refractivity contribution in [2.45, 2.75) is 12.3 Å². The molecule has 1 atom stereocenters. The molecule has 0 aliphatic carbocycles. The summed E-state index contributed by atoms with van der Waals surface area (Å²) in [5.74, 6) is -0.0760. The van der Waals surface area contributed by atoms with Crippen molar-refractivity contribution in [2.75, 3.05) is 0 Å². The summed E-state index contributed by atoms with van der Waals surface area (Å²) in [6.45, 7) is 2.02. The number of hydrogen-bond donors (Lipinski definition) is 1. The Morgan fingerprint density at radius 2 is 1.90 bits per heavy atom. The average Bonchev–Trinajstić information content (AvgIpc) is 2.89. The Hall–Kier alpha value is -2.06. The lowest BCUT2D eigenvalue weighted by atomic mass is 10.0. The van der Waals surface area contributed by atoms with Gasteiger partial charge in [-0.25, -0.2) is 0 Å². The largest absolute Gasteiger partial charge is 0.360 e. The Balaban J connectivity index is 2.01. The maximum absolute atomic E-state index is 12.6. The van der Waals surface area contributed by atoms with Crippen molar-refractivity contribution in [3.05, 3.63) is 71.4 Å². The van der Waals surface area contributed by atoms with Gasteiger partial charge in [0.05, 0.1) is 0 Å². The molecule has 0 bridgehead atoms. The number of aryl methyl sites for hydroxylation is 1. The van der Waals surface area contributed by atoms with Gasteiger partial charge in [-0.2, -0.15) is 0 Å². The second-order valence-electron chi connectivity index (χ2n) is 4.89. The molecule has 100 valence electrons. The number of carbonyl (C=O) groups excluding carboxylic acids is 1. The van der Waals surface area contributed by atoms with Crippen LogP contribution < -0.4 is 0 Å². The molecule has 0 aliphatic rings. The number of ketones is 1. The number of aromatic amines is 1. The molecule has 1 unspecified atom stereocenters. The lowest BCUT2D eigenvalue weighted by Gasteiger charge is -2.08. The molecule has 2 nitrogen and oxygen atoms in total. The molecule has 0 saturated heterocycles. The topological polar surface area (TPSA) is 32.9 Å². The first-order valence-corrected chi connectivity index (χ1v) is 6.91. The van der Waals surface area contributed by atoms with Crippen LogP contribution in [0.5, 0.6) is 0 Å². The number of alkyl halides is 1. The molecule has 20 heavy (non-hydrogen) atoms. The van der Waals surface area contributed by atoms with Crippen LogP contribution in [0.2, 0.25) is 0 Å². The smallest absolute Gasteiger partial charge is 0.187 e. The van der Waals surface area contributed by atoms with Gasteiger partial charge in [-0.05, 0) is 24.1 Å².